The van der Waals surface area contributed by atoms with Crippen molar-refractivity contribution < 1.29 is 17.9 Å². The monoisotopic (exact) mass is 277 g/mol. The third kappa shape index (κ3) is 3.20. The van der Waals surface area contributed by atoms with E-state index in [-0.39, 0.29) is 9.98 Å². The van der Waals surface area contributed by atoms with Gasteiger partial charge in [0.1, 0.15) is 0 Å². The lowest BCUT2D eigenvalue weighted by molar-refractivity contribution is -0.629. The third-order valence-corrected chi connectivity index (χ3v) is 4.06. The molecule has 0 aliphatic rings. The maximum atomic E-state index is 12.4. The van der Waals surface area contributed by atoms with Gasteiger partial charge in [-0.2, -0.15) is 27.5 Å². The van der Waals surface area contributed by atoms with E-state index in [1.807, 2.05) is 0 Å². The average molecular weight is 277 g/mol. The number of hydrogen-bond donors (Lipinski definition) is 0. The van der Waals surface area contributed by atoms with Crippen molar-refractivity contribution in [3.05, 3.63) is 34.8 Å². The first-order valence-electron chi connectivity index (χ1n) is 4.82. The number of pyridine rings is 1. The molecule has 0 aromatic carbocycles. The van der Waals surface area contributed by atoms with Gasteiger partial charge in [-0.05, 0) is 19.2 Å². The Bertz CT molecular complexity index is 522. The number of halogens is 3. The standard InChI is InChI=1S/C10H10F3N3OS/c1-7(18(2)15-6-14)8-3-4-9(10(11,12)13)16(17)5-8/h3-5,7H,1-2H3. The van der Waals surface area contributed by atoms with Gasteiger partial charge in [0.05, 0.1) is 0 Å². The number of alkyl halides is 3. The smallest absolute Gasteiger partial charge is 0.478 e. The van der Waals surface area contributed by atoms with Crippen LogP contribution >= 0.6 is 0 Å². The van der Waals surface area contributed by atoms with E-state index in [9.17, 15) is 18.4 Å². The molecule has 0 saturated heterocycles. The summed E-state index contributed by atoms with van der Waals surface area (Å²) in [5.74, 6) is 0. The van der Waals surface area contributed by atoms with Crippen LogP contribution in [0.5, 0.6) is 0 Å². The van der Waals surface area contributed by atoms with E-state index < -0.39 is 22.6 Å². The molecule has 4 nitrogen and oxygen atoms in total. The van der Waals surface area contributed by atoms with Crippen LogP contribution in [0, 0.1) is 16.7 Å². The quantitative estimate of drug-likeness (QED) is 0.473. The summed E-state index contributed by atoms with van der Waals surface area (Å²) in [5, 5.41) is 19.4. The molecule has 2 unspecified atom stereocenters. The highest BCUT2D eigenvalue weighted by molar-refractivity contribution is 7.86. The molecule has 98 valence electrons. The van der Waals surface area contributed by atoms with Crippen LogP contribution in [0.2, 0.25) is 0 Å². The highest BCUT2D eigenvalue weighted by Gasteiger charge is 2.39. The van der Waals surface area contributed by atoms with Crippen LogP contribution in [0.1, 0.15) is 23.4 Å². The number of nitriles is 1. The highest BCUT2D eigenvalue weighted by atomic mass is 32.2. The number of hydrogen-bond acceptors (Lipinski definition) is 3. The number of nitrogens with zero attached hydrogens (tertiary/aromatic N) is 3. The van der Waals surface area contributed by atoms with Crippen LogP contribution in [0.4, 0.5) is 13.2 Å². The normalized spacial score (nSPS) is 15.1. The van der Waals surface area contributed by atoms with Gasteiger partial charge < -0.3 is 5.21 Å². The van der Waals surface area contributed by atoms with E-state index in [1.54, 1.807) is 19.4 Å². The van der Waals surface area contributed by atoms with Crippen LogP contribution < -0.4 is 4.73 Å². The minimum Gasteiger partial charge on any atom is -0.618 e. The molecular weight excluding hydrogens is 267 g/mol. The molecule has 1 aromatic heterocycles. The van der Waals surface area contributed by atoms with Crippen molar-refractivity contribution in [2.75, 3.05) is 6.26 Å². The third-order valence-electron chi connectivity index (χ3n) is 2.39. The summed E-state index contributed by atoms with van der Waals surface area (Å²) in [6, 6.07) is 1.97. The van der Waals surface area contributed by atoms with E-state index in [4.69, 9.17) is 5.26 Å². The first-order chi connectivity index (χ1) is 8.27. The second kappa shape index (κ2) is 5.35. The number of rotatable bonds is 2. The molecule has 18 heavy (non-hydrogen) atoms. The van der Waals surface area contributed by atoms with Gasteiger partial charge in [0.15, 0.2) is 6.20 Å². The molecule has 0 aliphatic carbocycles. The Morgan fingerprint density at radius 1 is 1.50 bits per heavy atom. The Morgan fingerprint density at radius 2 is 2.11 bits per heavy atom. The first kappa shape index (κ1) is 14.4. The Labute approximate surface area is 104 Å². The van der Waals surface area contributed by atoms with E-state index in [2.05, 4.69) is 4.36 Å². The summed E-state index contributed by atoms with van der Waals surface area (Å²) < 4.78 is 40.5. The minimum atomic E-state index is -4.67. The van der Waals surface area contributed by atoms with Gasteiger partial charge in [0, 0.05) is 16.9 Å². The second-order valence-electron chi connectivity index (χ2n) is 3.53. The molecule has 0 radical (unpaired) electrons. The molecule has 0 N–H and O–H groups in total. The Kier molecular flexibility index (Phi) is 4.29. The lowest BCUT2D eigenvalue weighted by Gasteiger charge is -2.13. The molecule has 0 fully saturated rings. The second-order valence-corrected chi connectivity index (χ2v) is 5.47. The van der Waals surface area contributed by atoms with Crippen LogP contribution in [0.15, 0.2) is 22.7 Å². The van der Waals surface area contributed by atoms with E-state index in [0.29, 0.717) is 5.56 Å². The van der Waals surface area contributed by atoms with Gasteiger partial charge in [-0.25, -0.2) is 0 Å². The molecule has 1 heterocycles. The van der Waals surface area contributed by atoms with E-state index in [1.165, 1.54) is 6.07 Å². The van der Waals surface area contributed by atoms with Crippen molar-refractivity contribution >= 4 is 10.7 Å². The zero-order valence-electron chi connectivity index (χ0n) is 9.60. The summed E-state index contributed by atoms with van der Waals surface area (Å²) in [7, 11) is -0.671. The topological polar surface area (TPSA) is 63.1 Å². The van der Waals surface area contributed by atoms with E-state index >= 15 is 0 Å². The average Bonchev–Trinajstić information content (AvgIpc) is 2.26. The maximum Gasteiger partial charge on any atom is 0.478 e. The zero-order valence-corrected chi connectivity index (χ0v) is 10.4. The van der Waals surface area contributed by atoms with Gasteiger partial charge in [-0.1, -0.05) is 10.7 Å². The summed E-state index contributed by atoms with van der Waals surface area (Å²) in [5.41, 5.74) is -0.838. The van der Waals surface area contributed by atoms with Crippen molar-refractivity contribution in [3.8, 4) is 6.19 Å². The molecule has 0 spiro atoms. The van der Waals surface area contributed by atoms with Gasteiger partial charge in [-0.3, -0.25) is 0 Å². The van der Waals surface area contributed by atoms with Gasteiger partial charge in [0.2, 0.25) is 6.19 Å². The van der Waals surface area contributed by atoms with Crippen LogP contribution in [0.3, 0.4) is 0 Å². The SMILES string of the molecule is CC(c1ccc(C(F)(F)F)[n+]([O-])c1)S(C)=NC#N. The van der Waals surface area contributed by atoms with Crippen molar-refractivity contribution in [3.63, 3.8) is 0 Å². The van der Waals surface area contributed by atoms with E-state index in [0.717, 1.165) is 12.3 Å². The van der Waals surface area contributed by atoms with Crippen molar-refractivity contribution in [2.45, 2.75) is 18.3 Å². The summed E-state index contributed by atoms with van der Waals surface area (Å²) in [4.78, 5) is 0. The largest absolute Gasteiger partial charge is 0.618 e. The summed E-state index contributed by atoms with van der Waals surface area (Å²) in [6.45, 7) is 1.70. The fraction of sp³-hybridized carbons (Fsp3) is 0.400. The predicted molar refractivity (Wildman–Crippen MR) is 60.1 cm³/mol. The van der Waals surface area contributed by atoms with Crippen molar-refractivity contribution in [1.82, 2.24) is 0 Å². The fourth-order valence-electron chi connectivity index (χ4n) is 1.30. The van der Waals surface area contributed by atoms with Crippen molar-refractivity contribution in [2.24, 2.45) is 4.36 Å². The molecule has 0 aliphatic heterocycles. The lowest BCUT2D eigenvalue weighted by Crippen LogP contribution is -2.37. The first-order valence-corrected chi connectivity index (χ1v) is 6.47. The van der Waals surface area contributed by atoms with Crippen molar-refractivity contribution in [1.29, 1.82) is 5.26 Å². The Hall–Kier alpha value is -1.62. The molecule has 0 saturated carbocycles. The lowest BCUT2D eigenvalue weighted by atomic mass is 10.2. The molecule has 1 aromatic rings. The maximum absolute atomic E-state index is 12.4. The predicted octanol–water partition coefficient (Wildman–Crippen LogP) is 2.31. The van der Waals surface area contributed by atoms with Gasteiger partial charge in [0.25, 0.3) is 5.69 Å². The van der Waals surface area contributed by atoms with Gasteiger partial charge in [-0.15, -0.1) is 0 Å². The Morgan fingerprint density at radius 3 is 2.56 bits per heavy atom. The zero-order chi connectivity index (χ0) is 13.9. The number of aromatic nitrogens is 1. The molecular formula is C10H10F3N3OS. The molecule has 1 rings (SSSR count). The van der Waals surface area contributed by atoms with Crippen LogP contribution in [-0.2, 0) is 16.9 Å². The van der Waals surface area contributed by atoms with Crippen LogP contribution in [0.25, 0.3) is 0 Å². The van der Waals surface area contributed by atoms with Crippen LogP contribution in [-0.4, -0.2) is 6.26 Å². The molecule has 0 amide bonds. The minimum absolute atomic E-state index is 0.199. The fourth-order valence-corrected chi connectivity index (χ4v) is 2.12. The molecule has 2 atom stereocenters. The molecule has 8 heteroatoms. The highest BCUT2D eigenvalue weighted by Crippen LogP contribution is 2.27. The summed E-state index contributed by atoms with van der Waals surface area (Å²) >= 11 is 0. The molecule has 0 bridgehead atoms. The van der Waals surface area contributed by atoms with Gasteiger partial charge >= 0.3 is 6.18 Å². The Balaban J connectivity index is 3.13. The summed E-state index contributed by atoms with van der Waals surface area (Å²) in [6.07, 6.45) is -0.471.